The van der Waals surface area contributed by atoms with E-state index in [0.717, 1.165) is 0 Å². The van der Waals surface area contributed by atoms with Gasteiger partial charge in [0.15, 0.2) is 6.61 Å². The minimum Gasteiger partial charge on any atom is -0.482 e. The maximum absolute atomic E-state index is 12.3. The van der Waals surface area contributed by atoms with Crippen molar-refractivity contribution < 1.29 is 23.0 Å². The molecule has 0 atom stereocenters. The van der Waals surface area contributed by atoms with Gasteiger partial charge in [-0.3, -0.25) is 4.79 Å². The number of carbonyl (C=O) groups excluding carboxylic acids is 1. The molecule has 8 heteroatoms. The van der Waals surface area contributed by atoms with Crippen LogP contribution in [0, 0.1) is 0 Å². The Morgan fingerprint density at radius 2 is 1.87 bits per heavy atom. The third-order valence-electron chi connectivity index (χ3n) is 2.63. The fourth-order valence-electron chi connectivity index (χ4n) is 1.69. The number of rotatable bonds is 6. The number of ether oxygens (including phenoxy) is 2. The summed E-state index contributed by atoms with van der Waals surface area (Å²) >= 11 is 11.7. The molecule has 2 rings (SSSR count). The Morgan fingerprint density at radius 3 is 2.61 bits per heavy atom. The highest BCUT2D eigenvalue weighted by molar-refractivity contribution is 6.34. The van der Waals surface area contributed by atoms with Crippen LogP contribution in [0.3, 0.4) is 0 Å². The van der Waals surface area contributed by atoms with E-state index in [9.17, 15) is 13.6 Å². The molecule has 0 radical (unpaired) electrons. The summed E-state index contributed by atoms with van der Waals surface area (Å²) in [5.74, 6) is -0.463. The molecule has 0 fully saturated rings. The van der Waals surface area contributed by atoms with Crippen molar-refractivity contribution in [2.45, 2.75) is 6.61 Å². The van der Waals surface area contributed by atoms with Crippen LogP contribution >= 0.6 is 23.2 Å². The number of alkyl halides is 2. The summed E-state index contributed by atoms with van der Waals surface area (Å²) in [5.41, 5.74) is 0.110. The molecule has 0 aromatic heterocycles. The van der Waals surface area contributed by atoms with Gasteiger partial charge in [0, 0.05) is 11.1 Å². The van der Waals surface area contributed by atoms with Gasteiger partial charge >= 0.3 is 6.61 Å². The highest BCUT2D eigenvalue weighted by Crippen LogP contribution is 2.28. The van der Waals surface area contributed by atoms with Crippen LogP contribution in [-0.2, 0) is 4.79 Å². The fourth-order valence-corrected chi connectivity index (χ4v) is 2.02. The maximum Gasteiger partial charge on any atom is 0.387 e. The van der Waals surface area contributed by atoms with Gasteiger partial charge in [0.05, 0.1) is 10.7 Å². The zero-order valence-corrected chi connectivity index (χ0v) is 13.1. The van der Waals surface area contributed by atoms with Gasteiger partial charge in [0.2, 0.25) is 0 Å². The SMILES string of the molecule is O=C(COc1cc(Cl)ccc1Cl)Nc1ccccc1OC(F)F. The zero-order valence-electron chi connectivity index (χ0n) is 11.6. The Labute approximate surface area is 140 Å². The molecule has 0 saturated carbocycles. The number of amides is 1. The number of hydrogen-bond donors (Lipinski definition) is 1. The fraction of sp³-hybridized carbons (Fsp3) is 0.133. The first-order chi connectivity index (χ1) is 11.0. The molecule has 1 N–H and O–H groups in total. The Morgan fingerprint density at radius 1 is 1.13 bits per heavy atom. The third kappa shape index (κ3) is 5.26. The summed E-state index contributed by atoms with van der Waals surface area (Å²) in [5, 5.41) is 3.12. The first kappa shape index (κ1) is 17.3. The van der Waals surface area contributed by atoms with Gasteiger partial charge in [-0.25, -0.2) is 0 Å². The average Bonchev–Trinajstić information content (AvgIpc) is 2.50. The lowest BCUT2D eigenvalue weighted by Crippen LogP contribution is -2.21. The van der Waals surface area contributed by atoms with E-state index in [-0.39, 0.29) is 23.8 Å². The van der Waals surface area contributed by atoms with E-state index in [4.69, 9.17) is 27.9 Å². The van der Waals surface area contributed by atoms with Gasteiger partial charge in [-0.1, -0.05) is 35.3 Å². The van der Waals surface area contributed by atoms with E-state index in [2.05, 4.69) is 10.1 Å². The lowest BCUT2D eigenvalue weighted by atomic mass is 10.3. The topological polar surface area (TPSA) is 47.6 Å². The first-order valence-corrected chi connectivity index (χ1v) is 7.13. The highest BCUT2D eigenvalue weighted by atomic mass is 35.5. The smallest absolute Gasteiger partial charge is 0.387 e. The van der Waals surface area contributed by atoms with Gasteiger partial charge in [-0.15, -0.1) is 0 Å². The molecule has 0 spiro atoms. The van der Waals surface area contributed by atoms with Crippen LogP contribution < -0.4 is 14.8 Å². The molecule has 122 valence electrons. The second-order valence-electron chi connectivity index (χ2n) is 4.29. The van der Waals surface area contributed by atoms with Crippen molar-refractivity contribution in [2.75, 3.05) is 11.9 Å². The molecule has 0 bridgehead atoms. The molecule has 2 aromatic carbocycles. The summed E-state index contributed by atoms with van der Waals surface area (Å²) in [7, 11) is 0. The Bertz CT molecular complexity index is 698. The van der Waals surface area contributed by atoms with E-state index < -0.39 is 12.5 Å². The monoisotopic (exact) mass is 361 g/mol. The predicted octanol–water partition coefficient (Wildman–Crippen LogP) is 4.61. The van der Waals surface area contributed by atoms with E-state index in [1.807, 2.05) is 0 Å². The van der Waals surface area contributed by atoms with Crippen molar-refractivity contribution in [3.05, 3.63) is 52.5 Å². The van der Waals surface area contributed by atoms with Crippen molar-refractivity contribution in [1.29, 1.82) is 0 Å². The van der Waals surface area contributed by atoms with E-state index in [0.29, 0.717) is 10.0 Å². The number of benzene rings is 2. The molecule has 23 heavy (non-hydrogen) atoms. The van der Waals surface area contributed by atoms with Crippen LogP contribution in [0.25, 0.3) is 0 Å². The molecule has 0 unspecified atom stereocenters. The highest BCUT2D eigenvalue weighted by Gasteiger charge is 2.12. The Balaban J connectivity index is 1.99. The zero-order chi connectivity index (χ0) is 16.8. The maximum atomic E-state index is 12.3. The molecular weight excluding hydrogens is 351 g/mol. The minimum atomic E-state index is -2.99. The molecule has 2 aromatic rings. The first-order valence-electron chi connectivity index (χ1n) is 6.37. The number of nitrogens with one attached hydrogen (secondary N) is 1. The van der Waals surface area contributed by atoms with E-state index in [1.165, 1.54) is 30.3 Å². The van der Waals surface area contributed by atoms with Gasteiger partial charge in [-0.2, -0.15) is 8.78 Å². The normalized spacial score (nSPS) is 10.5. The van der Waals surface area contributed by atoms with Gasteiger partial charge < -0.3 is 14.8 Å². The quantitative estimate of drug-likeness (QED) is 0.816. The van der Waals surface area contributed by atoms with Gasteiger partial charge in [0.25, 0.3) is 5.91 Å². The van der Waals surface area contributed by atoms with Crippen LogP contribution in [0.1, 0.15) is 0 Å². The second-order valence-corrected chi connectivity index (χ2v) is 5.13. The van der Waals surface area contributed by atoms with Crippen molar-refractivity contribution in [1.82, 2.24) is 0 Å². The standard InChI is InChI=1S/C15H11Cl2F2NO3/c16-9-5-6-10(17)13(7-9)22-8-14(21)20-11-3-1-2-4-12(11)23-15(18)19/h1-7,15H,8H2,(H,20,21). The predicted molar refractivity (Wildman–Crippen MR) is 83.7 cm³/mol. The summed E-state index contributed by atoms with van der Waals surface area (Å²) < 4.78 is 34.2. The van der Waals surface area contributed by atoms with Crippen LogP contribution in [0.5, 0.6) is 11.5 Å². The van der Waals surface area contributed by atoms with Crippen molar-refractivity contribution in [3.63, 3.8) is 0 Å². The van der Waals surface area contributed by atoms with E-state index in [1.54, 1.807) is 12.1 Å². The summed E-state index contributed by atoms with van der Waals surface area (Å²) in [4.78, 5) is 11.9. The van der Waals surface area contributed by atoms with Crippen LogP contribution in [0.2, 0.25) is 10.0 Å². The largest absolute Gasteiger partial charge is 0.482 e. The second kappa shape index (κ2) is 7.99. The summed E-state index contributed by atoms with van der Waals surface area (Å²) in [6, 6.07) is 10.4. The Kier molecular flexibility index (Phi) is 6.01. The summed E-state index contributed by atoms with van der Waals surface area (Å²) in [6.45, 7) is -3.36. The molecule has 0 aliphatic rings. The molecule has 4 nitrogen and oxygen atoms in total. The van der Waals surface area contributed by atoms with E-state index >= 15 is 0 Å². The average molecular weight is 362 g/mol. The lowest BCUT2D eigenvalue weighted by Gasteiger charge is -2.12. The van der Waals surface area contributed by atoms with Crippen molar-refractivity contribution in [2.24, 2.45) is 0 Å². The van der Waals surface area contributed by atoms with Crippen LogP contribution in [0.4, 0.5) is 14.5 Å². The molecule has 0 saturated heterocycles. The molecular formula is C15H11Cl2F2NO3. The Hall–Kier alpha value is -2.05. The number of carbonyl (C=O) groups is 1. The summed E-state index contributed by atoms with van der Waals surface area (Å²) in [6.07, 6.45) is 0. The number of hydrogen-bond acceptors (Lipinski definition) is 3. The van der Waals surface area contributed by atoms with Crippen molar-refractivity contribution >= 4 is 34.8 Å². The molecule has 1 amide bonds. The minimum absolute atomic E-state index is 0.110. The van der Waals surface area contributed by atoms with Crippen LogP contribution in [-0.4, -0.2) is 19.1 Å². The van der Waals surface area contributed by atoms with Gasteiger partial charge in [-0.05, 0) is 24.3 Å². The molecule has 0 heterocycles. The lowest BCUT2D eigenvalue weighted by molar-refractivity contribution is -0.118. The number of halogens is 4. The number of para-hydroxylation sites is 2. The third-order valence-corrected chi connectivity index (χ3v) is 3.18. The van der Waals surface area contributed by atoms with Crippen LogP contribution in [0.15, 0.2) is 42.5 Å². The number of anilines is 1. The molecule has 0 aliphatic carbocycles. The van der Waals surface area contributed by atoms with Gasteiger partial charge in [0.1, 0.15) is 11.5 Å². The molecule has 0 aliphatic heterocycles. The van der Waals surface area contributed by atoms with Crippen molar-refractivity contribution in [3.8, 4) is 11.5 Å².